The first-order valence-electron chi connectivity index (χ1n) is 12.1. The molecule has 182 valence electrons. The van der Waals surface area contributed by atoms with Crippen LogP contribution in [0.2, 0.25) is 0 Å². The number of hydrogen-bond donors (Lipinski definition) is 2. The Bertz CT molecular complexity index is 795. The van der Waals surface area contributed by atoms with Crippen molar-refractivity contribution < 1.29 is 19.4 Å². The van der Waals surface area contributed by atoms with E-state index in [-0.39, 0.29) is 12.5 Å². The molecule has 0 saturated heterocycles. The molecular formula is C27H40N2O4. The fourth-order valence-corrected chi connectivity index (χ4v) is 3.49. The summed E-state index contributed by atoms with van der Waals surface area (Å²) in [5.74, 6) is -0.00712. The number of nitrogens with zero attached hydrogens (tertiary/aromatic N) is 1. The first-order chi connectivity index (χ1) is 16.1. The van der Waals surface area contributed by atoms with E-state index >= 15 is 0 Å². The topological polar surface area (TPSA) is 71.0 Å². The molecule has 2 rings (SSSR count). The summed E-state index contributed by atoms with van der Waals surface area (Å²) in [6.45, 7) is 9.47. The lowest BCUT2D eigenvalue weighted by molar-refractivity contribution is -0.122. The fourth-order valence-electron chi connectivity index (χ4n) is 3.49. The molecule has 2 aromatic rings. The highest BCUT2D eigenvalue weighted by Crippen LogP contribution is 2.13. The molecule has 0 aliphatic rings. The molecule has 6 heteroatoms. The number of carbonyl (C=O) groups is 1. The van der Waals surface area contributed by atoms with Crippen LogP contribution in [-0.2, 0) is 40.4 Å². The third-order valence-corrected chi connectivity index (χ3v) is 5.36. The van der Waals surface area contributed by atoms with Crippen molar-refractivity contribution >= 4 is 5.91 Å². The molecule has 2 aromatic carbocycles. The molecule has 0 radical (unpaired) electrons. The van der Waals surface area contributed by atoms with Crippen LogP contribution in [-0.4, -0.2) is 55.4 Å². The van der Waals surface area contributed by atoms with Gasteiger partial charge in [-0.25, -0.2) is 0 Å². The van der Waals surface area contributed by atoms with Gasteiger partial charge in [-0.3, -0.25) is 9.69 Å². The van der Waals surface area contributed by atoms with E-state index in [9.17, 15) is 9.90 Å². The van der Waals surface area contributed by atoms with E-state index in [0.29, 0.717) is 32.8 Å². The van der Waals surface area contributed by atoms with Crippen molar-refractivity contribution in [3.05, 3.63) is 70.8 Å². The van der Waals surface area contributed by atoms with Gasteiger partial charge in [0.1, 0.15) is 0 Å². The minimum atomic E-state index is -0.00712. The van der Waals surface area contributed by atoms with E-state index < -0.39 is 0 Å². The average molecular weight is 457 g/mol. The van der Waals surface area contributed by atoms with E-state index in [2.05, 4.69) is 60.5 Å². The smallest absolute Gasteiger partial charge is 0.222 e. The van der Waals surface area contributed by atoms with E-state index in [0.717, 1.165) is 44.6 Å². The van der Waals surface area contributed by atoms with Gasteiger partial charge >= 0.3 is 0 Å². The summed E-state index contributed by atoms with van der Waals surface area (Å²) >= 11 is 0. The summed E-state index contributed by atoms with van der Waals surface area (Å²) in [7, 11) is 0. The first kappa shape index (κ1) is 27.0. The number of carbonyl (C=O) groups excluding carboxylic acids is 1. The second kappa shape index (κ2) is 16.4. The zero-order valence-electron chi connectivity index (χ0n) is 20.2. The monoisotopic (exact) mass is 456 g/mol. The summed E-state index contributed by atoms with van der Waals surface area (Å²) in [6, 6.07) is 16.8. The molecule has 2 N–H and O–H groups in total. The van der Waals surface area contributed by atoms with Gasteiger partial charge < -0.3 is 19.9 Å². The molecule has 0 atom stereocenters. The minimum Gasteiger partial charge on any atom is -0.392 e. The van der Waals surface area contributed by atoms with Crippen LogP contribution in [0.4, 0.5) is 0 Å². The van der Waals surface area contributed by atoms with Crippen LogP contribution in [0, 0.1) is 0 Å². The zero-order chi connectivity index (χ0) is 23.7. The summed E-state index contributed by atoms with van der Waals surface area (Å²) in [5.41, 5.74) is 4.73. The van der Waals surface area contributed by atoms with Crippen molar-refractivity contribution in [1.82, 2.24) is 10.2 Å². The average Bonchev–Trinajstić information content (AvgIpc) is 2.84. The lowest BCUT2D eigenvalue weighted by Crippen LogP contribution is -2.29. The molecule has 0 aromatic heterocycles. The summed E-state index contributed by atoms with van der Waals surface area (Å²) in [4.78, 5) is 14.2. The predicted octanol–water partition coefficient (Wildman–Crippen LogP) is 3.69. The van der Waals surface area contributed by atoms with Crippen LogP contribution < -0.4 is 5.32 Å². The van der Waals surface area contributed by atoms with E-state index in [4.69, 9.17) is 9.47 Å². The Morgan fingerprint density at radius 1 is 0.879 bits per heavy atom. The maximum atomic E-state index is 11.9. The third-order valence-electron chi connectivity index (χ3n) is 5.36. The maximum Gasteiger partial charge on any atom is 0.222 e. The highest BCUT2D eigenvalue weighted by Gasteiger charge is 2.09. The first-order valence-corrected chi connectivity index (χ1v) is 12.1. The van der Waals surface area contributed by atoms with E-state index in [1.165, 1.54) is 16.7 Å². The van der Waals surface area contributed by atoms with Gasteiger partial charge in [0.25, 0.3) is 0 Å². The molecule has 1 amide bonds. The van der Waals surface area contributed by atoms with E-state index in [1.54, 1.807) is 0 Å². The quantitative estimate of drug-likeness (QED) is 0.355. The fraction of sp³-hybridized carbons (Fsp3) is 0.519. The molecule has 0 bridgehead atoms. The molecule has 0 heterocycles. The lowest BCUT2D eigenvalue weighted by Gasteiger charge is -2.23. The SMILES string of the molecule is CCCOCCNC(=O)CCOCCN(Cc1ccc(CO)cc1)Cc1cccc(CC)c1. The Hall–Kier alpha value is -2.25. The van der Waals surface area contributed by atoms with Crippen LogP contribution in [0.5, 0.6) is 0 Å². The Balaban J connectivity index is 1.80. The molecule has 33 heavy (non-hydrogen) atoms. The van der Waals surface area contributed by atoms with Gasteiger partial charge in [-0.05, 0) is 35.1 Å². The molecule has 6 nitrogen and oxygen atoms in total. The summed E-state index contributed by atoms with van der Waals surface area (Å²) < 4.78 is 11.1. The van der Waals surface area contributed by atoms with Crippen LogP contribution in [0.15, 0.2) is 48.5 Å². The number of hydrogen-bond acceptors (Lipinski definition) is 5. The molecule has 0 unspecified atom stereocenters. The van der Waals surface area contributed by atoms with Gasteiger partial charge in [0.05, 0.1) is 26.4 Å². The second-order valence-corrected chi connectivity index (χ2v) is 8.18. The number of amides is 1. The van der Waals surface area contributed by atoms with Gasteiger partial charge in [-0.2, -0.15) is 0 Å². The molecule has 0 saturated carbocycles. The number of rotatable bonds is 17. The van der Waals surface area contributed by atoms with Gasteiger partial charge in [-0.15, -0.1) is 0 Å². The number of aliphatic hydroxyl groups is 1. The molecule has 0 aliphatic heterocycles. The largest absolute Gasteiger partial charge is 0.392 e. The Morgan fingerprint density at radius 3 is 2.30 bits per heavy atom. The van der Waals surface area contributed by atoms with Gasteiger partial charge in [0.15, 0.2) is 0 Å². The number of benzene rings is 2. The van der Waals surface area contributed by atoms with Crippen molar-refractivity contribution in [3.8, 4) is 0 Å². The normalized spacial score (nSPS) is 11.2. The summed E-state index contributed by atoms with van der Waals surface area (Å²) in [6.07, 6.45) is 2.36. The predicted molar refractivity (Wildman–Crippen MR) is 132 cm³/mol. The van der Waals surface area contributed by atoms with E-state index in [1.807, 2.05) is 12.1 Å². The van der Waals surface area contributed by atoms with Crippen LogP contribution in [0.1, 0.15) is 48.9 Å². The highest BCUT2D eigenvalue weighted by atomic mass is 16.5. The second-order valence-electron chi connectivity index (χ2n) is 8.18. The molecule has 0 aliphatic carbocycles. The number of nitrogens with one attached hydrogen (secondary N) is 1. The third kappa shape index (κ3) is 11.4. The van der Waals surface area contributed by atoms with Crippen LogP contribution in [0.3, 0.4) is 0 Å². The van der Waals surface area contributed by atoms with Crippen molar-refractivity contribution in [2.75, 3.05) is 39.5 Å². The standard InChI is InChI=1S/C27H40N2O4/c1-3-15-32-17-13-28-27(31)12-16-33-18-14-29(20-24-8-10-25(22-30)11-9-24)21-26-7-5-6-23(4-2)19-26/h5-11,19,30H,3-4,12-18,20-22H2,1-2H3,(H,28,31). The number of ether oxygens (including phenoxy) is 2. The van der Waals surface area contributed by atoms with Crippen molar-refractivity contribution in [1.29, 1.82) is 0 Å². The van der Waals surface area contributed by atoms with Crippen molar-refractivity contribution in [2.24, 2.45) is 0 Å². The number of aliphatic hydroxyl groups excluding tert-OH is 1. The maximum absolute atomic E-state index is 11.9. The molecule has 0 fully saturated rings. The lowest BCUT2D eigenvalue weighted by atomic mass is 10.1. The minimum absolute atomic E-state index is 0.00712. The van der Waals surface area contributed by atoms with Crippen LogP contribution >= 0.6 is 0 Å². The zero-order valence-corrected chi connectivity index (χ0v) is 20.2. The van der Waals surface area contributed by atoms with Crippen molar-refractivity contribution in [3.63, 3.8) is 0 Å². The Morgan fingerprint density at radius 2 is 1.58 bits per heavy atom. The Kier molecular flexibility index (Phi) is 13.4. The molecule has 0 spiro atoms. The van der Waals surface area contributed by atoms with Crippen LogP contribution in [0.25, 0.3) is 0 Å². The Labute approximate surface area is 198 Å². The van der Waals surface area contributed by atoms with Gasteiger partial charge in [0, 0.05) is 39.2 Å². The van der Waals surface area contributed by atoms with Gasteiger partial charge in [0.2, 0.25) is 5.91 Å². The van der Waals surface area contributed by atoms with Crippen molar-refractivity contribution in [2.45, 2.75) is 52.8 Å². The summed E-state index contributed by atoms with van der Waals surface area (Å²) in [5, 5.41) is 12.1. The highest BCUT2D eigenvalue weighted by molar-refractivity contribution is 5.75. The molecular weight excluding hydrogens is 416 g/mol. The number of aryl methyl sites for hydroxylation is 1. The van der Waals surface area contributed by atoms with Gasteiger partial charge in [-0.1, -0.05) is 62.4 Å².